The summed E-state index contributed by atoms with van der Waals surface area (Å²) < 4.78 is 44.7. The zero-order chi connectivity index (χ0) is 15.7. The number of rotatable bonds is 2. The molecule has 0 saturated carbocycles. The first kappa shape index (κ1) is 15.7. The fourth-order valence-corrected chi connectivity index (χ4v) is 2.72. The van der Waals surface area contributed by atoms with Crippen molar-refractivity contribution in [2.45, 2.75) is 45.0 Å². The molecule has 116 valence electrons. The monoisotopic (exact) mass is 301 g/mol. The van der Waals surface area contributed by atoms with E-state index in [0.717, 1.165) is 18.9 Å². The normalized spacial score (nSPS) is 23.0. The first-order valence-corrected chi connectivity index (χ1v) is 6.87. The highest BCUT2D eigenvalue weighted by Gasteiger charge is 2.41. The van der Waals surface area contributed by atoms with Gasteiger partial charge in [-0.2, -0.15) is 13.2 Å². The number of carbonyl (C=O) groups is 1. The fourth-order valence-electron chi connectivity index (χ4n) is 2.72. The number of hydrogen-bond acceptors (Lipinski definition) is 2. The lowest BCUT2D eigenvalue weighted by Gasteiger charge is -2.44. The Morgan fingerprint density at radius 3 is 2.57 bits per heavy atom. The molecule has 1 fully saturated rings. The molecule has 1 aliphatic rings. The van der Waals surface area contributed by atoms with Gasteiger partial charge in [0.25, 0.3) is 0 Å². The van der Waals surface area contributed by atoms with Crippen LogP contribution < -0.4 is 4.74 Å². The smallest absolute Gasteiger partial charge is 0.419 e. The Morgan fingerprint density at radius 2 is 1.95 bits per heavy atom. The van der Waals surface area contributed by atoms with Crippen LogP contribution in [0.2, 0.25) is 0 Å². The molecule has 2 rings (SSSR count). The summed E-state index contributed by atoms with van der Waals surface area (Å²) in [7, 11) is 0. The van der Waals surface area contributed by atoms with Crippen LogP contribution in [0.25, 0.3) is 0 Å². The van der Waals surface area contributed by atoms with Crippen LogP contribution in [0.15, 0.2) is 24.3 Å². The standard InChI is InChI=1S/C15H18F3NO2/c1-11(20)19-10-6-5-9-14(19,2)21-13-8-4-3-7-12(13)15(16,17)18/h3-4,7-8H,5-6,9-10H2,1-2H3. The third kappa shape index (κ3) is 3.31. The van der Waals surface area contributed by atoms with E-state index >= 15 is 0 Å². The Hall–Kier alpha value is -1.72. The Labute approximate surface area is 121 Å². The molecule has 0 aliphatic carbocycles. The largest absolute Gasteiger partial charge is 0.468 e. The number of benzene rings is 1. The number of hydrogen-bond donors (Lipinski definition) is 0. The highest BCUT2D eigenvalue weighted by atomic mass is 19.4. The van der Waals surface area contributed by atoms with E-state index in [0.29, 0.717) is 13.0 Å². The first-order valence-electron chi connectivity index (χ1n) is 6.87. The Bertz CT molecular complexity index is 530. The number of para-hydroxylation sites is 1. The molecule has 6 heteroatoms. The maximum atomic E-state index is 13.0. The number of halogens is 3. The predicted octanol–water partition coefficient (Wildman–Crippen LogP) is 3.83. The van der Waals surface area contributed by atoms with E-state index in [4.69, 9.17) is 4.74 Å². The average molecular weight is 301 g/mol. The summed E-state index contributed by atoms with van der Waals surface area (Å²) in [4.78, 5) is 13.2. The Morgan fingerprint density at radius 1 is 1.29 bits per heavy atom. The minimum absolute atomic E-state index is 0.193. The van der Waals surface area contributed by atoms with Gasteiger partial charge in [0.15, 0.2) is 5.72 Å². The summed E-state index contributed by atoms with van der Waals surface area (Å²) in [6, 6.07) is 5.09. The lowest BCUT2D eigenvalue weighted by Crippen LogP contribution is -2.55. The van der Waals surface area contributed by atoms with E-state index in [1.807, 2.05) is 0 Å². The van der Waals surface area contributed by atoms with Crippen LogP contribution in [0.1, 0.15) is 38.7 Å². The van der Waals surface area contributed by atoms with Gasteiger partial charge in [-0.15, -0.1) is 0 Å². The lowest BCUT2D eigenvalue weighted by atomic mass is 9.99. The highest BCUT2D eigenvalue weighted by molar-refractivity contribution is 5.74. The SMILES string of the molecule is CC(=O)N1CCCCC1(C)Oc1ccccc1C(F)(F)F. The van der Waals surface area contributed by atoms with Crippen LogP contribution in [-0.2, 0) is 11.0 Å². The summed E-state index contributed by atoms with van der Waals surface area (Å²) in [6.45, 7) is 3.57. The van der Waals surface area contributed by atoms with Crippen molar-refractivity contribution in [3.05, 3.63) is 29.8 Å². The maximum Gasteiger partial charge on any atom is 0.419 e. The Kier molecular flexibility index (Phi) is 4.16. The van der Waals surface area contributed by atoms with E-state index in [1.165, 1.54) is 30.0 Å². The van der Waals surface area contributed by atoms with Crippen LogP contribution in [0.4, 0.5) is 13.2 Å². The van der Waals surface area contributed by atoms with Crippen molar-refractivity contribution in [2.75, 3.05) is 6.54 Å². The molecule has 1 aliphatic heterocycles. The van der Waals surface area contributed by atoms with E-state index < -0.39 is 17.5 Å². The summed E-state index contributed by atoms with van der Waals surface area (Å²) in [6.07, 6.45) is -2.32. The number of amides is 1. The maximum absolute atomic E-state index is 13.0. The molecule has 1 amide bonds. The molecule has 1 saturated heterocycles. The summed E-state index contributed by atoms with van der Waals surface area (Å²) in [5.74, 6) is -0.428. The van der Waals surface area contributed by atoms with Crippen molar-refractivity contribution in [2.24, 2.45) is 0 Å². The minimum Gasteiger partial charge on any atom is -0.468 e. The lowest BCUT2D eigenvalue weighted by molar-refractivity contribution is -0.158. The quantitative estimate of drug-likeness (QED) is 0.831. The fraction of sp³-hybridized carbons (Fsp3) is 0.533. The van der Waals surface area contributed by atoms with Gasteiger partial charge in [-0.1, -0.05) is 12.1 Å². The number of ether oxygens (including phenoxy) is 1. The van der Waals surface area contributed by atoms with Crippen molar-refractivity contribution in [1.29, 1.82) is 0 Å². The molecule has 21 heavy (non-hydrogen) atoms. The van der Waals surface area contributed by atoms with Gasteiger partial charge in [0.2, 0.25) is 5.91 Å². The zero-order valence-corrected chi connectivity index (χ0v) is 12.0. The summed E-state index contributed by atoms with van der Waals surface area (Å²) in [5, 5.41) is 0. The molecule has 3 nitrogen and oxygen atoms in total. The van der Waals surface area contributed by atoms with Crippen LogP contribution in [0.5, 0.6) is 5.75 Å². The van der Waals surface area contributed by atoms with Gasteiger partial charge < -0.3 is 9.64 Å². The first-order chi connectivity index (χ1) is 9.74. The molecular formula is C15H18F3NO2. The highest BCUT2D eigenvalue weighted by Crippen LogP contribution is 2.39. The predicted molar refractivity (Wildman–Crippen MR) is 71.7 cm³/mol. The van der Waals surface area contributed by atoms with Crippen LogP contribution >= 0.6 is 0 Å². The molecule has 0 spiro atoms. The topological polar surface area (TPSA) is 29.5 Å². The molecule has 1 unspecified atom stereocenters. The van der Waals surface area contributed by atoms with Gasteiger partial charge in [0.1, 0.15) is 5.75 Å². The summed E-state index contributed by atoms with van der Waals surface area (Å²) >= 11 is 0. The second kappa shape index (κ2) is 5.58. The second-order valence-corrected chi connectivity index (χ2v) is 5.40. The van der Waals surface area contributed by atoms with Gasteiger partial charge in [-0.25, -0.2) is 0 Å². The molecule has 1 aromatic carbocycles. The molecule has 0 bridgehead atoms. The zero-order valence-electron chi connectivity index (χ0n) is 12.0. The van der Waals surface area contributed by atoms with Crippen molar-refractivity contribution in [1.82, 2.24) is 4.90 Å². The van der Waals surface area contributed by atoms with Gasteiger partial charge in [0.05, 0.1) is 5.56 Å². The number of carbonyl (C=O) groups excluding carboxylic acids is 1. The van der Waals surface area contributed by atoms with E-state index in [-0.39, 0.29) is 11.7 Å². The molecule has 0 radical (unpaired) electrons. The average Bonchev–Trinajstić information content (AvgIpc) is 2.37. The number of piperidine rings is 1. The van der Waals surface area contributed by atoms with E-state index in [9.17, 15) is 18.0 Å². The molecule has 0 aromatic heterocycles. The second-order valence-electron chi connectivity index (χ2n) is 5.40. The molecule has 1 atom stereocenters. The molecule has 1 aromatic rings. The van der Waals surface area contributed by atoms with Crippen LogP contribution in [0, 0.1) is 0 Å². The van der Waals surface area contributed by atoms with Crippen molar-refractivity contribution >= 4 is 5.91 Å². The molecule has 1 heterocycles. The van der Waals surface area contributed by atoms with Crippen molar-refractivity contribution in [3.8, 4) is 5.75 Å². The van der Waals surface area contributed by atoms with Gasteiger partial charge in [0, 0.05) is 19.9 Å². The third-order valence-electron chi connectivity index (χ3n) is 3.75. The number of alkyl halides is 3. The van der Waals surface area contributed by atoms with Gasteiger partial charge in [-0.05, 0) is 31.9 Å². The Balaban J connectivity index is 2.34. The van der Waals surface area contributed by atoms with Crippen molar-refractivity contribution < 1.29 is 22.7 Å². The van der Waals surface area contributed by atoms with Gasteiger partial charge >= 0.3 is 6.18 Å². The molecular weight excluding hydrogens is 283 g/mol. The number of likely N-dealkylation sites (tertiary alicyclic amines) is 1. The summed E-state index contributed by atoms with van der Waals surface area (Å²) in [5.41, 5.74) is -1.86. The van der Waals surface area contributed by atoms with Crippen LogP contribution in [0.3, 0.4) is 0 Å². The van der Waals surface area contributed by atoms with E-state index in [1.54, 1.807) is 6.92 Å². The van der Waals surface area contributed by atoms with Gasteiger partial charge in [-0.3, -0.25) is 4.79 Å². The molecule has 0 N–H and O–H groups in total. The van der Waals surface area contributed by atoms with E-state index in [2.05, 4.69) is 0 Å². The van der Waals surface area contributed by atoms with Crippen LogP contribution in [-0.4, -0.2) is 23.1 Å². The minimum atomic E-state index is -4.48. The third-order valence-corrected chi connectivity index (χ3v) is 3.75. The van der Waals surface area contributed by atoms with Crippen molar-refractivity contribution in [3.63, 3.8) is 0 Å². The number of nitrogens with zero attached hydrogens (tertiary/aromatic N) is 1.